The molecule has 0 aliphatic rings. The third-order valence-electron chi connectivity index (χ3n) is 1.63. The highest BCUT2D eigenvalue weighted by molar-refractivity contribution is 5.78. The Hall–Kier alpha value is -1.68. The Balaban J connectivity index is 5.12. The van der Waals surface area contributed by atoms with Gasteiger partial charge in [0.05, 0.1) is 5.70 Å². The highest BCUT2D eigenvalue weighted by Crippen LogP contribution is 2.10. The minimum absolute atomic E-state index is 0.342. The fourth-order valence-corrected chi connectivity index (χ4v) is 0.887. The SMILES string of the molecule is C=NN(NC)/C(=C/C=C(C)C)C(=C)C=O. The van der Waals surface area contributed by atoms with Crippen molar-refractivity contribution in [3.05, 3.63) is 35.6 Å². The summed E-state index contributed by atoms with van der Waals surface area (Å²) >= 11 is 0. The van der Waals surface area contributed by atoms with Gasteiger partial charge < -0.3 is 0 Å². The molecule has 4 nitrogen and oxygen atoms in total. The van der Waals surface area contributed by atoms with Crippen LogP contribution in [0.4, 0.5) is 0 Å². The second-order valence-electron chi connectivity index (χ2n) is 3.12. The first kappa shape index (κ1) is 13.3. The Labute approximate surface area is 90.6 Å². The zero-order chi connectivity index (χ0) is 11.8. The molecule has 0 unspecified atom stereocenters. The maximum absolute atomic E-state index is 10.6. The van der Waals surface area contributed by atoms with Crippen LogP contribution in [-0.4, -0.2) is 25.2 Å². The largest absolute Gasteiger partial charge is 0.298 e. The molecule has 0 aromatic heterocycles. The quantitative estimate of drug-likeness (QED) is 0.237. The smallest absolute Gasteiger partial charge is 0.151 e. The van der Waals surface area contributed by atoms with Gasteiger partial charge in [-0.25, -0.2) is 5.43 Å². The number of carbonyl (C=O) groups excluding carboxylic acids is 1. The Bertz CT molecular complexity index is 312. The molecule has 0 atom stereocenters. The summed E-state index contributed by atoms with van der Waals surface area (Å²) in [6.07, 6.45) is 4.32. The molecule has 0 aromatic carbocycles. The van der Waals surface area contributed by atoms with E-state index in [2.05, 4.69) is 23.8 Å². The lowest BCUT2D eigenvalue weighted by Crippen LogP contribution is -2.29. The molecule has 0 heterocycles. The number of hydrazine groups is 1. The van der Waals surface area contributed by atoms with Gasteiger partial charge in [-0.15, -0.1) is 0 Å². The highest BCUT2D eigenvalue weighted by atomic mass is 16.1. The molecule has 15 heavy (non-hydrogen) atoms. The van der Waals surface area contributed by atoms with Crippen molar-refractivity contribution in [2.75, 3.05) is 7.05 Å². The summed E-state index contributed by atoms with van der Waals surface area (Å²) in [6, 6.07) is 0. The van der Waals surface area contributed by atoms with Crippen molar-refractivity contribution in [1.29, 1.82) is 0 Å². The second-order valence-corrected chi connectivity index (χ2v) is 3.12. The molecule has 0 saturated heterocycles. The minimum Gasteiger partial charge on any atom is -0.298 e. The van der Waals surface area contributed by atoms with E-state index in [9.17, 15) is 4.79 Å². The van der Waals surface area contributed by atoms with E-state index in [0.717, 1.165) is 5.57 Å². The molecule has 0 radical (unpaired) electrons. The summed E-state index contributed by atoms with van der Waals surface area (Å²) in [5.74, 6) is 0. The number of rotatable bonds is 6. The van der Waals surface area contributed by atoms with Crippen molar-refractivity contribution in [1.82, 2.24) is 10.5 Å². The van der Waals surface area contributed by atoms with E-state index in [1.165, 1.54) is 5.12 Å². The number of carbonyl (C=O) groups is 1. The van der Waals surface area contributed by atoms with Crippen LogP contribution in [0.5, 0.6) is 0 Å². The normalized spacial score (nSPS) is 10.5. The molecule has 82 valence electrons. The van der Waals surface area contributed by atoms with Gasteiger partial charge in [-0.2, -0.15) is 10.2 Å². The number of allylic oxidation sites excluding steroid dienone is 4. The van der Waals surface area contributed by atoms with Gasteiger partial charge in [-0.3, -0.25) is 4.79 Å². The molecule has 0 aliphatic carbocycles. The molecule has 0 fully saturated rings. The highest BCUT2D eigenvalue weighted by Gasteiger charge is 2.07. The van der Waals surface area contributed by atoms with Gasteiger partial charge in [0.25, 0.3) is 0 Å². The average molecular weight is 207 g/mol. The summed E-state index contributed by atoms with van der Waals surface area (Å²) in [4.78, 5) is 10.6. The zero-order valence-electron chi connectivity index (χ0n) is 9.45. The number of aldehydes is 1. The van der Waals surface area contributed by atoms with Crippen LogP contribution >= 0.6 is 0 Å². The molecule has 4 heteroatoms. The lowest BCUT2D eigenvalue weighted by molar-refractivity contribution is -0.104. The van der Waals surface area contributed by atoms with E-state index in [4.69, 9.17) is 0 Å². The first-order valence-electron chi connectivity index (χ1n) is 4.50. The van der Waals surface area contributed by atoms with Crippen LogP contribution in [0, 0.1) is 0 Å². The number of hydrogen-bond acceptors (Lipinski definition) is 4. The average Bonchev–Trinajstić information content (AvgIpc) is 2.22. The maximum Gasteiger partial charge on any atom is 0.151 e. The summed E-state index contributed by atoms with van der Waals surface area (Å²) < 4.78 is 0. The molecule has 1 N–H and O–H groups in total. The van der Waals surface area contributed by atoms with E-state index in [1.54, 1.807) is 13.1 Å². The lowest BCUT2D eigenvalue weighted by atomic mass is 10.2. The van der Waals surface area contributed by atoms with Crippen molar-refractivity contribution in [3.8, 4) is 0 Å². The predicted molar refractivity (Wildman–Crippen MR) is 63.2 cm³/mol. The Morgan fingerprint density at radius 1 is 1.40 bits per heavy atom. The topological polar surface area (TPSA) is 44.7 Å². The van der Waals surface area contributed by atoms with Crippen molar-refractivity contribution in [3.63, 3.8) is 0 Å². The van der Waals surface area contributed by atoms with Crippen molar-refractivity contribution < 1.29 is 4.79 Å². The minimum atomic E-state index is 0.342. The summed E-state index contributed by atoms with van der Waals surface area (Å²) in [5, 5.41) is 5.09. The summed E-state index contributed by atoms with van der Waals surface area (Å²) in [6.45, 7) is 10.9. The van der Waals surface area contributed by atoms with E-state index in [0.29, 0.717) is 17.6 Å². The molecule has 0 amide bonds. The van der Waals surface area contributed by atoms with E-state index < -0.39 is 0 Å². The first-order valence-corrected chi connectivity index (χ1v) is 4.50. The van der Waals surface area contributed by atoms with Crippen LogP contribution in [0.25, 0.3) is 0 Å². The van der Waals surface area contributed by atoms with Gasteiger partial charge in [0, 0.05) is 19.3 Å². The Kier molecular flexibility index (Phi) is 5.97. The molecule has 0 rings (SSSR count). The third kappa shape index (κ3) is 4.37. The number of nitrogens with one attached hydrogen (secondary N) is 1. The molecule has 0 saturated carbocycles. The summed E-state index contributed by atoms with van der Waals surface area (Å²) in [7, 11) is 1.68. The molecular formula is C11H17N3O. The Morgan fingerprint density at radius 2 is 2.00 bits per heavy atom. The first-order chi connectivity index (χ1) is 7.06. The fourth-order valence-electron chi connectivity index (χ4n) is 0.887. The van der Waals surface area contributed by atoms with Crippen LogP contribution in [0.1, 0.15) is 13.8 Å². The van der Waals surface area contributed by atoms with Gasteiger partial charge in [0.2, 0.25) is 0 Å². The molecule has 0 bridgehead atoms. The van der Waals surface area contributed by atoms with E-state index in [1.807, 2.05) is 19.9 Å². The number of hydrogen-bond donors (Lipinski definition) is 1. The standard InChI is InChI=1S/C11H17N3O/c1-9(2)6-7-11(10(3)8-15)14(12-4)13-5/h6-8,13H,3-4H2,1-2,5H3/b11-7+. The van der Waals surface area contributed by atoms with Crippen molar-refractivity contribution >= 4 is 13.0 Å². The second kappa shape index (κ2) is 6.73. The van der Waals surface area contributed by atoms with Gasteiger partial charge in [-0.1, -0.05) is 18.2 Å². The molecule has 0 aromatic rings. The lowest BCUT2D eigenvalue weighted by Gasteiger charge is -2.19. The van der Waals surface area contributed by atoms with Crippen LogP contribution in [0.15, 0.2) is 40.7 Å². The van der Waals surface area contributed by atoms with Crippen LogP contribution < -0.4 is 5.43 Å². The monoisotopic (exact) mass is 207 g/mol. The van der Waals surface area contributed by atoms with Crippen LogP contribution in [-0.2, 0) is 4.79 Å². The van der Waals surface area contributed by atoms with Crippen molar-refractivity contribution in [2.24, 2.45) is 5.10 Å². The molecule has 0 aliphatic heterocycles. The maximum atomic E-state index is 10.6. The molecule has 0 spiro atoms. The van der Waals surface area contributed by atoms with Crippen LogP contribution in [0.3, 0.4) is 0 Å². The Morgan fingerprint density at radius 3 is 2.33 bits per heavy atom. The summed E-state index contributed by atoms with van der Waals surface area (Å²) in [5.41, 5.74) is 4.81. The van der Waals surface area contributed by atoms with Crippen molar-refractivity contribution in [2.45, 2.75) is 13.8 Å². The number of hydrazone groups is 1. The van der Waals surface area contributed by atoms with E-state index in [-0.39, 0.29) is 0 Å². The predicted octanol–water partition coefficient (Wildman–Crippen LogP) is 1.64. The van der Waals surface area contributed by atoms with E-state index >= 15 is 0 Å². The molecular weight excluding hydrogens is 190 g/mol. The van der Waals surface area contributed by atoms with Gasteiger partial charge >= 0.3 is 0 Å². The fraction of sp³-hybridized carbons (Fsp3) is 0.273. The zero-order valence-corrected chi connectivity index (χ0v) is 9.45. The third-order valence-corrected chi connectivity index (χ3v) is 1.63. The van der Waals surface area contributed by atoms with Crippen LogP contribution in [0.2, 0.25) is 0 Å². The van der Waals surface area contributed by atoms with Gasteiger partial charge in [0.1, 0.15) is 0 Å². The number of nitrogens with zero attached hydrogens (tertiary/aromatic N) is 2. The van der Waals surface area contributed by atoms with Gasteiger partial charge in [-0.05, 0) is 19.9 Å². The van der Waals surface area contributed by atoms with Gasteiger partial charge in [0.15, 0.2) is 6.29 Å².